The van der Waals surface area contributed by atoms with Crippen LogP contribution in [-0.2, 0) is 4.79 Å². The van der Waals surface area contributed by atoms with Crippen LogP contribution in [0.1, 0.15) is 47.7 Å². The Morgan fingerprint density at radius 3 is 2.62 bits per heavy atom. The van der Waals surface area contributed by atoms with Gasteiger partial charge in [-0.2, -0.15) is 0 Å². The fourth-order valence-electron chi connectivity index (χ4n) is 2.40. The second-order valence-electron chi connectivity index (χ2n) is 5.47. The van der Waals surface area contributed by atoms with Crippen LogP contribution in [0, 0.1) is 6.92 Å². The van der Waals surface area contributed by atoms with Crippen molar-refractivity contribution < 1.29 is 14.7 Å². The normalized spacial score (nSPS) is 14.4. The van der Waals surface area contributed by atoms with E-state index in [1.807, 2.05) is 17.9 Å². The fraction of sp³-hybridized carbons (Fsp3) is 0.412. The SMILES string of the molecule is CCCN(C(=O)c1ccc(/C=C/C(=O)O)c(C)c1)C1CC1. The Hall–Kier alpha value is -2.10. The monoisotopic (exact) mass is 287 g/mol. The average molecular weight is 287 g/mol. The second kappa shape index (κ2) is 6.57. The van der Waals surface area contributed by atoms with Gasteiger partial charge in [-0.3, -0.25) is 4.79 Å². The molecule has 1 aromatic rings. The quantitative estimate of drug-likeness (QED) is 0.818. The molecule has 0 aromatic heterocycles. The van der Waals surface area contributed by atoms with E-state index in [1.54, 1.807) is 18.2 Å². The molecule has 0 spiro atoms. The van der Waals surface area contributed by atoms with Crippen molar-refractivity contribution >= 4 is 18.0 Å². The Balaban J connectivity index is 2.18. The third-order valence-electron chi connectivity index (χ3n) is 3.64. The molecule has 1 aliphatic carbocycles. The maximum absolute atomic E-state index is 12.6. The van der Waals surface area contributed by atoms with E-state index < -0.39 is 5.97 Å². The van der Waals surface area contributed by atoms with Gasteiger partial charge in [0.15, 0.2) is 0 Å². The van der Waals surface area contributed by atoms with Crippen molar-refractivity contribution in [3.05, 3.63) is 41.0 Å². The van der Waals surface area contributed by atoms with Crippen molar-refractivity contribution in [3.63, 3.8) is 0 Å². The number of rotatable bonds is 6. The topological polar surface area (TPSA) is 57.6 Å². The van der Waals surface area contributed by atoms with Crippen LogP contribution >= 0.6 is 0 Å². The largest absolute Gasteiger partial charge is 0.478 e. The Bertz CT molecular complexity index is 573. The highest BCUT2D eigenvalue weighted by Gasteiger charge is 2.32. The number of amides is 1. The van der Waals surface area contributed by atoms with Crippen molar-refractivity contribution in [1.82, 2.24) is 4.90 Å². The Morgan fingerprint density at radius 2 is 2.10 bits per heavy atom. The first kappa shape index (κ1) is 15.3. The van der Waals surface area contributed by atoms with E-state index in [0.29, 0.717) is 11.6 Å². The van der Waals surface area contributed by atoms with Crippen LogP contribution in [0.25, 0.3) is 6.08 Å². The highest BCUT2D eigenvalue weighted by Crippen LogP contribution is 2.28. The van der Waals surface area contributed by atoms with E-state index in [9.17, 15) is 9.59 Å². The molecule has 21 heavy (non-hydrogen) atoms. The predicted octanol–water partition coefficient (Wildman–Crippen LogP) is 3.11. The Kier molecular flexibility index (Phi) is 4.78. The lowest BCUT2D eigenvalue weighted by Crippen LogP contribution is -2.33. The number of carboxylic acid groups (broad SMARTS) is 1. The fourth-order valence-corrected chi connectivity index (χ4v) is 2.40. The number of hydrogen-bond acceptors (Lipinski definition) is 2. The predicted molar refractivity (Wildman–Crippen MR) is 82.2 cm³/mol. The molecule has 112 valence electrons. The molecular formula is C17H21NO3. The molecule has 1 aliphatic rings. The standard InChI is InChI=1S/C17H21NO3/c1-3-10-18(15-7-8-15)17(21)14-5-4-13(12(2)11-14)6-9-16(19)20/h4-6,9,11,15H,3,7-8,10H2,1-2H3,(H,19,20)/b9-6+. The van der Waals surface area contributed by atoms with Gasteiger partial charge in [0.1, 0.15) is 0 Å². The molecule has 0 unspecified atom stereocenters. The third-order valence-corrected chi connectivity index (χ3v) is 3.64. The van der Waals surface area contributed by atoms with Crippen molar-refractivity contribution in [2.24, 2.45) is 0 Å². The molecule has 0 atom stereocenters. The van der Waals surface area contributed by atoms with Crippen LogP contribution in [0.2, 0.25) is 0 Å². The van der Waals surface area contributed by atoms with Gasteiger partial charge in [0.2, 0.25) is 0 Å². The molecule has 1 N–H and O–H groups in total. The lowest BCUT2D eigenvalue weighted by atomic mass is 10.0. The summed E-state index contributed by atoms with van der Waals surface area (Å²) < 4.78 is 0. The van der Waals surface area contributed by atoms with Crippen LogP contribution in [0.5, 0.6) is 0 Å². The van der Waals surface area contributed by atoms with Crippen LogP contribution in [0.15, 0.2) is 24.3 Å². The Morgan fingerprint density at radius 1 is 1.38 bits per heavy atom. The van der Waals surface area contributed by atoms with Gasteiger partial charge in [0.05, 0.1) is 0 Å². The van der Waals surface area contributed by atoms with Gasteiger partial charge in [-0.05, 0) is 55.5 Å². The van der Waals surface area contributed by atoms with Crippen molar-refractivity contribution in [2.45, 2.75) is 39.2 Å². The molecule has 0 radical (unpaired) electrons. The molecular weight excluding hydrogens is 266 g/mol. The number of carbonyl (C=O) groups excluding carboxylic acids is 1. The number of hydrogen-bond donors (Lipinski definition) is 1. The van der Waals surface area contributed by atoms with E-state index >= 15 is 0 Å². The zero-order valence-corrected chi connectivity index (χ0v) is 12.5. The van der Waals surface area contributed by atoms with Crippen molar-refractivity contribution in [2.75, 3.05) is 6.54 Å². The Labute approximate surface area is 125 Å². The minimum Gasteiger partial charge on any atom is -0.478 e. The highest BCUT2D eigenvalue weighted by molar-refractivity contribution is 5.95. The van der Waals surface area contributed by atoms with E-state index in [4.69, 9.17) is 5.11 Å². The smallest absolute Gasteiger partial charge is 0.328 e. The summed E-state index contributed by atoms with van der Waals surface area (Å²) in [7, 11) is 0. The number of benzene rings is 1. The summed E-state index contributed by atoms with van der Waals surface area (Å²) >= 11 is 0. The van der Waals surface area contributed by atoms with Crippen molar-refractivity contribution in [3.8, 4) is 0 Å². The number of aryl methyl sites for hydroxylation is 1. The van der Waals surface area contributed by atoms with Crippen LogP contribution in [-0.4, -0.2) is 34.5 Å². The van der Waals surface area contributed by atoms with Crippen LogP contribution in [0.4, 0.5) is 0 Å². The molecule has 0 bridgehead atoms. The molecule has 0 aliphatic heterocycles. The number of aliphatic carboxylic acids is 1. The zero-order chi connectivity index (χ0) is 15.4. The summed E-state index contributed by atoms with van der Waals surface area (Å²) in [5, 5.41) is 8.66. The van der Waals surface area contributed by atoms with E-state index in [2.05, 4.69) is 6.92 Å². The summed E-state index contributed by atoms with van der Waals surface area (Å²) in [5.41, 5.74) is 2.41. The van der Waals surface area contributed by atoms with Gasteiger partial charge >= 0.3 is 5.97 Å². The summed E-state index contributed by atoms with van der Waals surface area (Å²) in [4.78, 5) is 25.1. The first-order chi connectivity index (χ1) is 10.0. The zero-order valence-electron chi connectivity index (χ0n) is 12.5. The van der Waals surface area contributed by atoms with E-state index in [-0.39, 0.29) is 5.91 Å². The molecule has 1 fully saturated rings. The molecule has 0 saturated heterocycles. The summed E-state index contributed by atoms with van der Waals surface area (Å²) in [6, 6.07) is 5.83. The molecule has 1 saturated carbocycles. The van der Waals surface area contributed by atoms with Crippen LogP contribution < -0.4 is 0 Å². The lowest BCUT2D eigenvalue weighted by Gasteiger charge is -2.22. The summed E-state index contributed by atoms with van der Waals surface area (Å²) in [6.45, 7) is 4.76. The van der Waals surface area contributed by atoms with Gasteiger partial charge in [0, 0.05) is 24.2 Å². The molecule has 0 heterocycles. The minimum atomic E-state index is -0.975. The number of nitrogens with zero attached hydrogens (tertiary/aromatic N) is 1. The first-order valence-electron chi connectivity index (χ1n) is 7.35. The third kappa shape index (κ3) is 3.94. The maximum atomic E-state index is 12.6. The van der Waals surface area contributed by atoms with Crippen molar-refractivity contribution in [1.29, 1.82) is 0 Å². The number of carboxylic acids is 1. The second-order valence-corrected chi connectivity index (χ2v) is 5.47. The molecule has 4 nitrogen and oxygen atoms in total. The molecule has 1 amide bonds. The minimum absolute atomic E-state index is 0.0798. The average Bonchev–Trinajstić information content (AvgIpc) is 3.27. The van der Waals surface area contributed by atoms with Crippen LogP contribution in [0.3, 0.4) is 0 Å². The van der Waals surface area contributed by atoms with Gasteiger partial charge < -0.3 is 10.0 Å². The number of carbonyl (C=O) groups is 2. The molecule has 4 heteroatoms. The van der Waals surface area contributed by atoms with E-state index in [1.165, 1.54) is 0 Å². The summed E-state index contributed by atoms with van der Waals surface area (Å²) in [6.07, 6.45) is 5.82. The summed E-state index contributed by atoms with van der Waals surface area (Å²) in [5.74, 6) is -0.895. The lowest BCUT2D eigenvalue weighted by molar-refractivity contribution is -0.131. The molecule has 2 rings (SSSR count). The maximum Gasteiger partial charge on any atom is 0.328 e. The van der Waals surface area contributed by atoms with E-state index in [0.717, 1.165) is 43.0 Å². The van der Waals surface area contributed by atoms with Gasteiger partial charge in [-0.15, -0.1) is 0 Å². The van der Waals surface area contributed by atoms with Gasteiger partial charge in [-0.25, -0.2) is 4.79 Å². The van der Waals surface area contributed by atoms with Gasteiger partial charge in [-0.1, -0.05) is 13.0 Å². The highest BCUT2D eigenvalue weighted by atomic mass is 16.4. The molecule has 1 aromatic carbocycles. The van der Waals surface area contributed by atoms with Gasteiger partial charge in [0.25, 0.3) is 5.91 Å². The first-order valence-corrected chi connectivity index (χ1v) is 7.35.